The molecule has 0 aromatic rings. The number of hydrogen-bond acceptors (Lipinski definition) is 13. The predicted molar refractivity (Wildman–Crippen MR) is 199 cm³/mol. The van der Waals surface area contributed by atoms with Gasteiger partial charge >= 0.3 is 5.97 Å². The highest BCUT2D eigenvalue weighted by molar-refractivity contribution is 5.77. The second-order valence-electron chi connectivity index (χ2n) is 20.8. The fraction of sp³-hybridized carbons (Fsp3) is 0.929. The molecule has 19 atom stereocenters. The summed E-state index contributed by atoms with van der Waals surface area (Å²) >= 11 is 0. The summed E-state index contributed by atoms with van der Waals surface area (Å²) < 4.78 is 23.9. The van der Waals surface area contributed by atoms with Gasteiger partial charge < -0.3 is 64.9 Å². The molecule has 320 valence electrons. The van der Waals surface area contributed by atoms with Crippen molar-refractivity contribution in [3.8, 4) is 0 Å². The van der Waals surface area contributed by atoms with Gasteiger partial charge in [0.1, 0.15) is 54.2 Å². The van der Waals surface area contributed by atoms with Crippen molar-refractivity contribution in [2.75, 3.05) is 13.2 Å². The summed E-state index contributed by atoms with van der Waals surface area (Å²) in [6, 6.07) is 0. The van der Waals surface area contributed by atoms with E-state index in [4.69, 9.17) is 18.9 Å². The first-order valence-electron chi connectivity index (χ1n) is 20.9. The normalized spacial score (nSPS) is 53.8. The number of carboxylic acid groups (broad SMARTS) is 1. The zero-order valence-corrected chi connectivity index (χ0v) is 34.1. The van der Waals surface area contributed by atoms with Gasteiger partial charge in [-0.2, -0.15) is 0 Å². The highest BCUT2D eigenvalue weighted by Crippen LogP contribution is 2.76. The molecule has 14 nitrogen and oxygen atoms in total. The fourth-order valence-corrected chi connectivity index (χ4v) is 13.8. The number of carboxylic acids is 1. The van der Waals surface area contributed by atoms with E-state index in [1.165, 1.54) is 5.57 Å². The molecule has 2 saturated heterocycles. The molecule has 7 aliphatic rings. The van der Waals surface area contributed by atoms with E-state index in [1.54, 1.807) is 0 Å². The molecule has 4 saturated carbocycles. The van der Waals surface area contributed by atoms with Gasteiger partial charge in [-0.05, 0) is 103 Å². The molecule has 0 bridgehead atoms. The Balaban J connectivity index is 1.13. The Morgan fingerprint density at radius 3 is 1.98 bits per heavy atom. The van der Waals surface area contributed by atoms with Crippen molar-refractivity contribution in [2.45, 2.75) is 180 Å². The quantitative estimate of drug-likeness (QED) is 0.132. The number of allylic oxidation sites excluding steroid dienone is 2. The van der Waals surface area contributed by atoms with Gasteiger partial charge in [-0.25, -0.2) is 0 Å². The lowest BCUT2D eigenvalue weighted by atomic mass is 9.33. The van der Waals surface area contributed by atoms with Gasteiger partial charge in [0.25, 0.3) is 0 Å². The van der Waals surface area contributed by atoms with Gasteiger partial charge in [-0.1, -0.05) is 60.1 Å². The maximum absolute atomic E-state index is 13.1. The third-order valence-corrected chi connectivity index (χ3v) is 17.3. The summed E-state index contributed by atoms with van der Waals surface area (Å²) in [6.07, 6.45) is -7.83. The van der Waals surface area contributed by atoms with Crippen molar-refractivity contribution in [3.05, 3.63) is 11.6 Å². The molecule has 6 fully saturated rings. The minimum atomic E-state index is -1.77. The Hall–Kier alpha value is -1.27. The van der Waals surface area contributed by atoms with E-state index in [1.807, 2.05) is 0 Å². The maximum Gasteiger partial charge on any atom is 0.312 e. The van der Waals surface area contributed by atoms with Crippen LogP contribution in [0.1, 0.15) is 106 Å². The third-order valence-electron chi connectivity index (χ3n) is 17.3. The predicted octanol–water partition coefficient (Wildman–Crippen LogP) is 1.85. The van der Waals surface area contributed by atoms with Crippen LogP contribution < -0.4 is 0 Å². The number of aliphatic carboxylic acids is 1. The first-order chi connectivity index (χ1) is 26.0. The summed E-state index contributed by atoms with van der Waals surface area (Å²) in [7, 11) is 0. The van der Waals surface area contributed by atoms with Gasteiger partial charge in [0.05, 0.1) is 25.4 Å². The Bertz CT molecular complexity index is 1520. The highest BCUT2D eigenvalue weighted by atomic mass is 16.7. The molecule has 2 heterocycles. The van der Waals surface area contributed by atoms with Crippen LogP contribution in [0.15, 0.2) is 11.6 Å². The summed E-state index contributed by atoms with van der Waals surface area (Å²) in [5, 5.41) is 96.3. The zero-order valence-electron chi connectivity index (χ0n) is 34.1. The second kappa shape index (κ2) is 14.4. The van der Waals surface area contributed by atoms with Crippen LogP contribution in [-0.4, -0.2) is 139 Å². The highest BCUT2D eigenvalue weighted by Gasteiger charge is 2.71. The van der Waals surface area contributed by atoms with Crippen LogP contribution in [0, 0.1) is 50.2 Å². The molecule has 9 N–H and O–H groups in total. The van der Waals surface area contributed by atoms with Gasteiger partial charge in [-0.15, -0.1) is 0 Å². The van der Waals surface area contributed by atoms with Crippen molar-refractivity contribution in [1.82, 2.24) is 0 Å². The summed E-state index contributed by atoms with van der Waals surface area (Å²) in [5.41, 5.74) is -1.10. The summed E-state index contributed by atoms with van der Waals surface area (Å²) in [5.74, 6) is -0.662. The molecule has 0 spiro atoms. The number of ether oxygens (including phenoxy) is 4. The van der Waals surface area contributed by atoms with E-state index in [-0.39, 0.29) is 39.4 Å². The minimum absolute atomic E-state index is 0.0246. The van der Waals surface area contributed by atoms with Gasteiger partial charge in [-0.3, -0.25) is 4.79 Å². The standard InChI is InChI=1S/C42H68O14/c1-37(2)14-15-42(36(51)52)21(16-37)20-8-9-25-39(5)12-11-27(38(3,4)24(39)10-13-40(25,6)41(20,7)17-26(42)45)55-35-32(50)33(29(47)23(19-44)54-35)56-34-31(49)30(48)28(46)22(18-43)53-34/h8,21-35,43-50H,9-19H2,1-7H3,(H,51,52)/t21-,22+,23+,24-,25+,26+,27-,28+,29+,30-,31+,32+,33-,34-,35-,39-,40+,41+,42+/m0/s1. The molecule has 2 aliphatic heterocycles. The average Bonchev–Trinajstić information content (AvgIpc) is 3.12. The van der Waals surface area contributed by atoms with Crippen LogP contribution in [0.4, 0.5) is 0 Å². The first-order valence-corrected chi connectivity index (χ1v) is 20.9. The molecule has 0 radical (unpaired) electrons. The van der Waals surface area contributed by atoms with Crippen molar-refractivity contribution < 1.29 is 69.7 Å². The largest absolute Gasteiger partial charge is 0.481 e. The third kappa shape index (κ3) is 6.13. The Labute approximate surface area is 330 Å². The van der Waals surface area contributed by atoms with Gasteiger partial charge in [0.15, 0.2) is 12.6 Å². The second-order valence-corrected chi connectivity index (χ2v) is 20.8. The van der Waals surface area contributed by atoms with Crippen LogP contribution in [0.2, 0.25) is 0 Å². The Morgan fingerprint density at radius 2 is 1.36 bits per heavy atom. The van der Waals surface area contributed by atoms with Crippen molar-refractivity contribution in [3.63, 3.8) is 0 Å². The van der Waals surface area contributed by atoms with Crippen LogP contribution in [0.3, 0.4) is 0 Å². The number of hydrogen-bond donors (Lipinski definition) is 9. The van der Waals surface area contributed by atoms with E-state index in [0.717, 1.165) is 38.5 Å². The zero-order chi connectivity index (χ0) is 41.1. The van der Waals surface area contributed by atoms with E-state index >= 15 is 0 Å². The SMILES string of the molecule is CC1(C)CC[C@]2(C(=O)O)[C@H](O)C[C@]3(C)C(=CC[C@@H]4[C@@]5(C)CC[C@H](O[C@@H]6O[C@H](CO)[C@@H](O)[C@H](O[C@@H]7O[C@H](CO)[C@@H](O)[C@H](O)[C@H]7O)[C@H]6O)C(C)(C)[C@@H]5CC[C@]43C)[C@@H]2C1. The lowest BCUT2D eigenvalue weighted by Crippen LogP contribution is -2.68. The average molecular weight is 797 g/mol. The van der Waals surface area contributed by atoms with E-state index in [9.17, 15) is 50.8 Å². The van der Waals surface area contributed by atoms with Crippen molar-refractivity contribution in [1.29, 1.82) is 0 Å². The van der Waals surface area contributed by atoms with Crippen LogP contribution in [0.25, 0.3) is 0 Å². The monoisotopic (exact) mass is 796 g/mol. The summed E-state index contributed by atoms with van der Waals surface area (Å²) in [4.78, 5) is 13.1. The minimum Gasteiger partial charge on any atom is -0.481 e. The number of rotatable bonds is 7. The maximum atomic E-state index is 13.1. The molecule has 7 rings (SSSR count). The Morgan fingerprint density at radius 1 is 0.732 bits per heavy atom. The fourth-order valence-electron chi connectivity index (χ4n) is 13.8. The number of carbonyl (C=O) groups is 1. The van der Waals surface area contributed by atoms with E-state index < -0.39 is 104 Å². The molecule has 5 aliphatic carbocycles. The van der Waals surface area contributed by atoms with Crippen LogP contribution in [-0.2, 0) is 23.7 Å². The molecule has 0 aromatic heterocycles. The molecule has 0 amide bonds. The molecule has 0 aromatic carbocycles. The number of aliphatic hydroxyl groups is 8. The lowest BCUT2D eigenvalue weighted by molar-refractivity contribution is -0.369. The van der Waals surface area contributed by atoms with E-state index in [0.29, 0.717) is 19.3 Å². The van der Waals surface area contributed by atoms with Gasteiger partial charge in [0, 0.05) is 0 Å². The molecular weight excluding hydrogens is 728 g/mol. The number of fused-ring (bicyclic) bond motifs is 7. The number of aliphatic hydroxyl groups excluding tert-OH is 8. The van der Waals surface area contributed by atoms with Crippen LogP contribution in [0.5, 0.6) is 0 Å². The molecular formula is C42H68O14. The summed E-state index contributed by atoms with van der Waals surface area (Å²) in [6.45, 7) is 14.5. The lowest BCUT2D eigenvalue weighted by Gasteiger charge is -2.71. The molecule has 14 heteroatoms. The first kappa shape index (κ1) is 42.8. The topological polar surface area (TPSA) is 236 Å². The Kier molecular flexibility index (Phi) is 11.0. The van der Waals surface area contributed by atoms with Gasteiger partial charge in [0.2, 0.25) is 0 Å². The molecule has 56 heavy (non-hydrogen) atoms. The smallest absolute Gasteiger partial charge is 0.312 e. The van der Waals surface area contributed by atoms with Crippen LogP contribution >= 0.6 is 0 Å². The van der Waals surface area contributed by atoms with E-state index in [2.05, 4.69) is 54.5 Å². The van der Waals surface area contributed by atoms with Crippen molar-refractivity contribution >= 4 is 5.97 Å². The van der Waals surface area contributed by atoms with Crippen molar-refractivity contribution in [2.24, 2.45) is 50.2 Å². The molecule has 0 unspecified atom stereocenters.